The maximum absolute atomic E-state index is 12.2. The molecule has 3 rings (SSSR count). The summed E-state index contributed by atoms with van der Waals surface area (Å²) in [4.78, 5) is 24.3. The highest BCUT2D eigenvalue weighted by Crippen LogP contribution is 2.29. The van der Waals surface area contributed by atoms with Gasteiger partial charge >= 0.3 is 0 Å². The monoisotopic (exact) mass is 324 g/mol. The first-order valence-corrected chi connectivity index (χ1v) is 7.99. The van der Waals surface area contributed by atoms with Gasteiger partial charge in [-0.25, -0.2) is 0 Å². The molecule has 0 aliphatic carbocycles. The molecule has 0 fully saturated rings. The van der Waals surface area contributed by atoms with Crippen LogP contribution in [0.3, 0.4) is 0 Å². The van der Waals surface area contributed by atoms with Crippen molar-refractivity contribution in [2.24, 2.45) is 0 Å². The summed E-state index contributed by atoms with van der Waals surface area (Å²) in [7, 11) is 0. The van der Waals surface area contributed by atoms with Gasteiger partial charge in [-0.3, -0.25) is 9.59 Å². The van der Waals surface area contributed by atoms with E-state index in [1.807, 2.05) is 36.4 Å². The Morgan fingerprint density at radius 1 is 1.21 bits per heavy atom. The van der Waals surface area contributed by atoms with Crippen LogP contribution in [0.5, 0.6) is 5.75 Å². The molecule has 1 heterocycles. The van der Waals surface area contributed by atoms with Crippen molar-refractivity contribution in [1.29, 1.82) is 0 Å². The molecular weight excluding hydrogens is 304 g/mol. The molecule has 5 nitrogen and oxygen atoms in total. The first-order chi connectivity index (χ1) is 11.5. The molecule has 1 aliphatic rings. The van der Waals surface area contributed by atoms with Crippen LogP contribution in [0.25, 0.3) is 0 Å². The zero-order valence-electron chi connectivity index (χ0n) is 13.7. The lowest BCUT2D eigenvalue weighted by atomic mass is 10.0. The molecule has 2 aromatic rings. The van der Waals surface area contributed by atoms with Gasteiger partial charge in [-0.15, -0.1) is 0 Å². The predicted octanol–water partition coefficient (Wildman–Crippen LogP) is 3.54. The fourth-order valence-electron chi connectivity index (χ4n) is 2.58. The van der Waals surface area contributed by atoms with Crippen molar-refractivity contribution in [2.45, 2.75) is 32.3 Å². The van der Waals surface area contributed by atoms with Crippen molar-refractivity contribution >= 4 is 23.2 Å². The number of para-hydroxylation sites is 2. The third-order valence-corrected chi connectivity index (χ3v) is 3.91. The predicted molar refractivity (Wildman–Crippen MR) is 93.3 cm³/mol. The second-order valence-corrected chi connectivity index (χ2v) is 6.12. The van der Waals surface area contributed by atoms with Gasteiger partial charge in [0, 0.05) is 5.69 Å². The number of carbonyl (C=O) groups excluding carboxylic acids is 2. The van der Waals surface area contributed by atoms with E-state index in [1.54, 1.807) is 12.1 Å². The van der Waals surface area contributed by atoms with E-state index in [0.717, 1.165) is 11.3 Å². The zero-order chi connectivity index (χ0) is 17.1. The number of anilines is 2. The number of fused-ring (bicyclic) bond motifs is 1. The van der Waals surface area contributed by atoms with Crippen LogP contribution in [0.15, 0.2) is 48.5 Å². The van der Waals surface area contributed by atoms with Gasteiger partial charge in [-0.1, -0.05) is 38.1 Å². The fourth-order valence-corrected chi connectivity index (χ4v) is 2.58. The maximum Gasteiger partial charge on any atom is 0.266 e. The number of ether oxygens (including phenoxy) is 1. The lowest BCUT2D eigenvalue weighted by Gasteiger charge is -2.25. The molecule has 2 aromatic carbocycles. The Morgan fingerprint density at radius 3 is 2.79 bits per heavy atom. The summed E-state index contributed by atoms with van der Waals surface area (Å²) in [5.41, 5.74) is 2.50. The lowest BCUT2D eigenvalue weighted by Crippen LogP contribution is -2.39. The normalized spacial score (nSPS) is 16.1. The van der Waals surface area contributed by atoms with Crippen LogP contribution in [-0.4, -0.2) is 17.9 Å². The number of nitrogens with one attached hydrogen (secondary N) is 2. The van der Waals surface area contributed by atoms with E-state index in [9.17, 15) is 9.59 Å². The van der Waals surface area contributed by atoms with Crippen molar-refractivity contribution < 1.29 is 14.3 Å². The van der Waals surface area contributed by atoms with E-state index in [-0.39, 0.29) is 18.2 Å². The molecule has 0 radical (unpaired) electrons. The molecule has 5 heteroatoms. The van der Waals surface area contributed by atoms with E-state index in [1.165, 1.54) is 0 Å². The van der Waals surface area contributed by atoms with Crippen LogP contribution in [0, 0.1) is 0 Å². The summed E-state index contributed by atoms with van der Waals surface area (Å²) in [6, 6.07) is 14.9. The van der Waals surface area contributed by atoms with Gasteiger partial charge in [-0.2, -0.15) is 0 Å². The Balaban J connectivity index is 1.65. The molecule has 0 saturated carbocycles. The number of carbonyl (C=O) groups is 2. The van der Waals surface area contributed by atoms with Crippen LogP contribution in [0.2, 0.25) is 0 Å². The van der Waals surface area contributed by atoms with Gasteiger partial charge in [0.15, 0.2) is 6.10 Å². The molecule has 2 amide bonds. The molecular formula is C19H20N2O3. The molecule has 1 atom stereocenters. The van der Waals surface area contributed by atoms with Gasteiger partial charge in [0.2, 0.25) is 5.91 Å². The fraction of sp³-hybridized carbons (Fsp3) is 0.263. The SMILES string of the molecule is CC(C)c1cccc(NC(=O)C[C@H]2Oc3ccccc3NC2=O)c1. The molecule has 0 unspecified atom stereocenters. The second kappa shape index (κ2) is 6.74. The Bertz CT molecular complexity index is 771. The standard InChI is InChI=1S/C19H20N2O3/c1-12(2)13-6-5-7-14(10-13)20-18(22)11-17-19(23)21-15-8-3-4-9-16(15)24-17/h3-10,12,17H,11H2,1-2H3,(H,20,22)(H,21,23)/t17-/m1/s1. The third-order valence-electron chi connectivity index (χ3n) is 3.91. The highest BCUT2D eigenvalue weighted by Gasteiger charge is 2.29. The Morgan fingerprint density at radius 2 is 2.00 bits per heavy atom. The quantitative estimate of drug-likeness (QED) is 0.904. The number of amides is 2. The maximum atomic E-state index is 12.2. The minimum Gasteiger partial charge on any atom is -0.478 e. The number of hydrogen-bond acceptors (Lipinski definition) is 3. The van der Waals surface area contributed by atoms with Gasteiger partial charge in [0.05, 0.1) is 12.1 Å². The Labute approximate surface area is 141 Å². The average Bonchev–Trinajstić information content (AvgIpc) is 2.55. The highest BCUT2D eigenvalue weighted by atomic mass is 16.5. The molecule has 0 saturated heterocycles. The zero-order valence-corrected chi connectivity index (χ0v) is 13.7. The minimum atomic E-state index is -0.826. The Kier molecular flexibility index (Phi) is 4.51. The number of rotatable bonds is 4. The topological polar surface area (TPSA) is 67.4 Å². The van der Waals surface area contributed by atoms with Crippen molar-refractivity contribution in [3.8, 4) is 5.75 Å². The van der Waals surface area contributed by atoms with E-state index < -0.39 is 6.10 Å². The molecule has 124 valence electrons. The van der Waals surface area contributed by atoms with Crippen molar-refractivity contribution in [2.75, 3.05) is 10.6 Å². The highest BCUT2D eigenvalue weighted by molar-refractivity contribution is 6.01. The van der Waals surface area contributed by atoms with E-state index in [0.29, 0.717) is 17.4 Å². The first kappa shape index (κ1) is 16.1. The van der Waals surface area contributed by atoms with E-state index in [4.69, 9.17) is 4.74 Å². The van der Waals surface area contributed by atoms with Crippen LogP contribution in [0.4, 0.5) is 11.4 Å². The summed E-state index contributed by atoms with van der Waals surface area (Å²) in [5.74, 6) is 0.401. The molecule has 0 aromatic heterocycles. The molecule has 1 aliphatic heterocycles. The summed E-state index contributed by atoms with van der Waals surface area (Å²) >= 11 is 0. The van der Waals surface area contributed by atoms with Gasteiger partial charge in [0.25, 0.3) is 5.91 Å². The molecule has 0 bridgehead atoms. The lowest BCUT2D eigenvalue weighted by molar-refractivity contribution is -0.128. The van der Waals surface area contributed by atoms with Gasteiger partial charge in [0.1, 0.15) is 5.75 Å². The minimum absolute atomic E-state index is 0.0356. The Hall–Kier alpha value is -2.82. The summed E-state index contributed by atoms with van der Waals surface area (Å²) < 4.78 is 5.64. The summed E-state index contributed by atoms with van der Waals surface area (Å²) in [6.45, 7) is 4.19. The molecule has 2 N–H and O–H groups in total. The van der Waals surface area contributed by atoms with Gasteiger partial charge in [-0.05, 0) is 35.7 Å². The third kappa shape index (κ3) is 3.56. The van der Waals surface area contributed by atoms with Crippen LogP contribution in [0.1, 0.15) is 31.7 Å². The average molecular weight is 324 g/mol. The van der Waals surface area contributed by atoms with E-state index >= 15 is 0 Å². The summed E-state index contributed by atoms with van der Waals surface area (Å²) in [6.07, 6.45) is -0.861. The molecule has 24 heavy (non-hydrogen) atoms. The second-order valence-electron chi connectivity index (χ2n) is 6.12. The smallest absolute Gasteiger partial charge is 0.266 e. The van der Waals surface area contributed by atoms with Crippen LogP contribution >= 0.6 is 0 Å². The van der Waals surface area contributed by atoms with E-state index in [2.05, 4.69) is 24.5 Å². The number of benzene rings is 2. The van der Waals surface area contributed by atoms with Crippen molar-refractivity contribution in [3.63, 3.8) is 0 Å². The number of hydrogen-bond donors (Lipinski definition) is 2. The first-order valence-electron chi connectivity index (χ1n) is 7.99. The summed E-state index contributed by atoms with van der Waals surface area (Å²) in [5, 5.41) is 5.59. The molecule has 0 spiro atoms. The van der Waals surface area contributed by atoms with Crippen molar-refractivity contribution in [1.82, 2.24) is 0 Å². The van der Waals surface area contributed by atoms with Crippen LogP contribution in [-0.2, 0) is 9.59 Å². The van der Waals surface area contributed by atoms with Crippen LogP contribution < -0.4 is 15.4 Å². The largest absolute Gasteiger partial charge is 0.478 e. The van der Waals surface area contributed by atoms with Crippen molar-refractivity contribution in [3.05, 3.63) is 54.1 Å². The van der Waals surface area contributed by atoms with Gasteiger partial charge < -0.3 is 15.4 Å².